The van der Waals surface area contributed by atoms with Crippen LogP contribution < -0.4 is 9.47 Å². The van der Waals surface area contributed by atoms with Gasteiger partial charge in [-0.1, -0.05) is 67.2 Å². The summed E-state index contributed by atoms with van der Waals surface area (Å²) >= 11 is 0. The zero-order valence-corrected chi connectivity index (χ0v) is 38.4. The van der Waals surface area contributed by atoms with E-state index in [-0.39, 0.29) is 21.7 Å². The number of H-pyrrole nitrogens is 4. The summed E-state index contributed by atoms with van der Waals surface area (Å²) in [5, 5.41) is 0. The van der Waals surface area contributed by atoms with Gasteiger partial charge in [-0.15, -0.1) is 0 Å². The summed E-state index contributed by atoms with van der Waals surface area (Å²) in [4.78, 5) is 35.0. The van der Waals surface area contributed by atoms with Crippen LogP contribution in [0.2, 0.25) is 0 Å². The van der Waals surface area contributed by atoms with E-state index in [4.69, 9.17) is 29.4 Å². The second-order valence-electron chi connectivity index (χ2n) is 20.3. The molecule has 4 aliphatic rings. The molecule has 0 radical (unpaired) electrons. The van der Waals surface area contributed by atoms with E-state index in [9.17, 15) is 0 Å². The van der Waals surface area contributed by atoms with Gasteiger partial charge in [0.2, 0.25) is 0 Å². The van der Waals surface area contributed by atoms with E-state index in [0.717, 1.165) is 138 Å². The Morgan fingerprint density at radius 1 is 0.422 bits per heavy atom. The predicted octanol–water partition coefficient (Wildman–Crippen LogP) is 10.4. The minimum atomic E-state index is -0.212. The minimum absolute atomic E-state index is 0.160. The molecule has 6 aromatic rings. The molecule has 0 fully saturated rings. The highest BCUT2D eigenvalue weighted by Gasteiger charge is 2.33. The van der Waals surface area contributed by atoms with E-state index < -0.39 is 0 Å². The van der Waals surface area contributed by atoms with Crippen molar-refractivity contribution in [1.29, 1.82) is 0 Å². The molecule has 16 bridgehead atoms. The lowest BCUT2D eigenvalue weighted by Gasteiger charge is -2.16. The van der Waals surface area contributed by atoms with Crippen molar-refractivity contribution < 1.29 is 9.47 Å². The van der Waals surface area contributed by atoms with Gasteiger partial charge in [-0.2, -0.15) is 0 Å². The molecule has 0 aromatic carbocycles. The van der Waals surface area contributed by atoms with Crippen molar-refractivity contribution in [3.63, 3.8) is 0 Å². The Labute approximate surface area is 373 Å². The maximum absolute atomic E-state index is 5.99. The molecular formula is C54H54N8O2. The summed E-state index contributed by atoms with van der Waals surface area (Å²) in [7, 11) is 3.42. The molecule has 0 saturated carbocycles. The van der Waals surface area contributed by atoms with E-state index in [2.05, 4.69) is 172 Å². The Hall–Kier alpha value is -7.04. The molecule has 0 saturated heterocycles. The maximum Gasteiger partial charge on any atom is 0.163 e. The molecule has 322 valence electrons. The van der Waals surface area contributed by atoms with Crippen LogP contribution in [0.3, 0.4) is 0 Å². The third kappa shape index (κ3) is 7.51. The van der Waals surface area contributed by atoms with Crippen molar-refractivity contribution >= 4 is 44.1 Å². The van der Waals surface area contributed by atoms with Crippen molar-refractivity contribution in [2.75, 3.05) is 14.2 Å². The van der Waals surface area contributed by atoms with Gasteiger partial charge >= 0.3 is 0 Å². The predicted molar refractivity (Wildman–Crippen MR) is 256 cm³/mol. The summed E-state index contributed by atoms with van der Waals surface area (Å²) < 4.78 is 12.0. The average Bonchev–Trinajstić information content (AvgIpc) is 4.10. The third-order valence-electron chi connectivity index (χ3n) is 13.1. The third-order valence-corrected chi connectivity index (χ3v) is 13.1. The SMILES string of the molecule is COc1c2nc(cc3cc(C#CC#Cc4cc5cc6nc(c(OC)c7ccc(cc8nc(cc4[nH]5)CC8(C)C)[nH]7)CC6(C)C)c(cc4nc(cc5ccc1[nH]5)C(C)(C)C4)[nH]3)C(C)(C)C2. The molecule has 64 heavy (non-hydrogen) atoms. The number of methoxy groups -OCH3 is 2. The molecule has 4 N–H and O–H groups in total. The number of hydrogen-bond donors (Lipinski definition) is 4. The highest BCUT2D eigenvalue weighted by Crippen LogP contribution is 2.39. The normalized spacial score (nSPS) is 16.6. The number of ether oxygens (including phenoxy) is 2. The summed E-state index contributed by atoms with van der Waals surface area (Å²) in [6.07, 6.45) is 3.07. The zero-order valence-electron chi connectivity index (χ0n) is 38.4. The average molecular weight is 847 g/mol. The fraction of sp³-hybridized carbons (Fsp3) is 0.333. The highest BCUT2D eigenvalue weighted by atomic mass is 16.5. The number of aromatic nitrogens is 8. The van der Waals surface area contributed by atoms with Crippen molar-refractivity contribution in [2.45, 2.75) is 103 Å². The molecule has 10 rings (SSSR count). The molecule has 0 unspecified atom stereocenters. The first-order chi connectivity index (χ1) is 30.4. The lowest BCUT2D eigenvalue weighted by atomic mass is 9.87. The van der Waals surface area contributed by atoms with Gasteiger partial charge < -0.3 is 29.4 Å². The highest BCUT2D eigenvalue weighted by molar-refractivity contribution is 5.75. The van der Waals surface area contributed by atoms with Crippen molar-refractivity contribution in [2.24, 2.45) is 0 Å². The minimum Gasteiger partial charge on any atom is -0.493 e. The molecule has 0 amide bonds. The molecular weight excluding hydrogens is 793 g/mol. The van der Waals surface area contributed by atoms with Gasteiger partial charge in [-0.3, -0.25) is 19.9 Å². The number of aromatic amines is 4. The van der Waals surface area contributed by atoms with Crippen LogP contribution in [0.4, 0.5) is 0 Å². The lowest BCUT2D eigenvalue weighted by Crippen LogP contribution is -2.15. The second-order valence-corrected chi connectivity index (χ2v) is 20.3. The quantitative estimate of drug-likeness (QED) is 0.128. The van der Waals surface area contributed by atoms with Gasteiger partial charge in [0, 0.05) is 104 Å². The molecule has 6 aromatic heterocycles. The van der Waals surface area contributed by atoms with E-state index >= 15 is 0 Å². The summed E-state index contributed by atoms with van der Waals surface area (Å²) in [6, 6.07) is 25.3. The molecule has 0 spiro atoms. The topological polar surface area (TPSA) is 133 Å². The Morgan fingerprint density at radius 2 is 0.781 bits per heavy atom. The standard InChI is InChI=1S/C54H54N8O2/c1-51(2)27-37-21-41-31(19-35(57-41)25-47-53(5,6)29-43(61-47)49(63-9)39-17-15-33(55-39)23-45(51)59-37)13-11-12-14-32-20-36-26-48-54(7,8)30-44(62-48)50(64-10)40-18-16-34(56-40)24-46-52(3,4)28-38(60-46)22-42(32)58-36/h15-26,55-58H,27-30H2,1-10H3. The Balaban J connectivity index is 1.13. The number of fused-ring (bicyclic) bond motifs is 16. The van der Waals surface area contributed by atoms with Crippen LogP contribution in [-0.2, 0) is 47.3 Å². The van der Waals surface area contributed by atoms with Crippen LogP contribution in [0.1, 0.15) is 112 Å². The number of rotatable bonds is 2. The van der Waals surface area contributed by atoms with E-state index in [0.29, 0.717) is 0 Å². The van der Waals surface area contributed by atoms with E-state index in [1.54, 1.807) is 14.2 Å². The van der Waals surface area contributed by atoms with Gasteiger partial charge in [0.15, 0.2) is 11.5 Å². The molecule has 0 aliphatic carbocycles. The molecule has 10 heterocycles. The first-order valence-corrected chi connectivity index (χ1v) is 22.0. The van der Waals surface area contributed by atoms with Crippen LogP contribution >= 0.6 is 0 Å². The fourth-order valence-electron chi connectivity index (χ4n) is 9.53. The second kappa shape index (κ2) is 14.8. The van der Waals surface area contributed by atoms with Gasteiger partial charge in [0.25, 0.3) is 0 Å². The van der Waals surface area contributed by atoms with Crippen LogP contribution in [-0.4, -0.2) is 54.1 Å². The largest absolute Gasteiger partial charge is 0.493 e. The van der Waals surface area contributed by atoms with Crippen molar-refractivity contribution in [3.05, 3.63) is 129 Å². The number of nitrogens with zero attached hydrogens (tertiary/aromatic N) is 4. The summed E-state index contributed by atoms with van der Waals surface area (Å²) in [6.45, 7) is 17.8. The number of hydrogen-bond acceptors (Lipinski definition) is 6. The summed E-state index contributed by atoms with van der Waals surface area (Å²) in [5.74, 6) is 14.7. The number of nitrogens with one attached hydrogen (secondary N) is 4. The summed E-state index contributed by atoms with van der Waals surface area (Å²) in [5.41, 5.74) is 16.0. The first kappa shape index (κ1) is 41.0. The zero-order chi connectivity index (χ0) is 44.8. The van der Waals surface area contributed by atoms with Crippen molar-refractivity contribution in [1.82, 2.24) is 39.9 Å². The van der Waals surface area contributed by atoms with E-state index in [1.165, 1.54) is 0 Å². The fourth-order valence-corrected chi connectivity index (χ4v) is 9.53. The Morgan fingerprint density at radius 3 is 1.19 bits per heavy atom. The molecule has 0 atom stereocenters. The van der Waals surface area contributed by atoms with Crippen LogP contribution in [0.5, 0.6) is 11.5 Å². The smallest absolute Gasteiger partial charge is 0.163 e. The van der Waals surface area contributed by atoms with Gasteiger partial charge in [-0.05, 0) is 84.6 Å². The van der Waals surface area contributed by atoms with Crippen LogP contribution in [0.15, 0.2) is 72.8 Å². The molecule has 4 aliphatic heterocycles. The molecule has 10 heteroatoms. The van der Waals surface area contributed by atoms with Crippen LogP contribution in [0, 0.1) is 23.7 Å². The maximum atomic E-state index is 5.99. The van der Waals surface area contributed by atoms with Crippen LogP contribution in [0.25, 0.3) is 44.1 Å². The Bertz CT molecular complexity index is 3180. The van der Waals surface area contributed by atoms with Gasteiger partial charge in [-0.25, -0.2) is 0 Å². The molecule has 10 nitrogen and oxygen atoms in total. The van der Waals surface area contributed by atoms with Gasteiger partial charge in [0.05, 0.1) is 58.8 Å². The first-order valence-electron chi connectivity index (χ1n) is 22.0. The van der Waals surface area contributed by atoms with Gasteiger partial charge in [0.1, 0.15) is 0 Å². The Kier molecular flexibility index (Phi) is 9.46. The van der Waals surface area contributed by atoms with E-state index in [1.807, 2.05) is 0 Å². The monoisotopic (exact) mass is 846 g/mol. The lowest BCUT2D eigenvalue weighted by molar-refractivity contribution is 0.409. The van der Waals surface area contributed by atoms with Crippen molar-refractivity contribution in [3.8, 4) is 35.2 Å².